The summed E-state index contributed by atoms with van der Waals surface area (Å²) in [7, 11) is 0. The van der Waals surface area contributed by atoms with Crippen LogP contribution in [0.25, 0.3) is 5.65 Å². The highest BCUT2D eigenvalue weighted by molar-refractivity contribution is 7.91. The Morgan fingerprint density at radius 2 is 2.03 bits per heavy atom. The number of amides is 1. The average molecular weight is 408 g/mol. The van der Waals surface area contributed by atoms with Crippen LogP contribution in [0.2, 0.25) is 0 Å². The predicted octanol–water partition coefficient (Wildman–Crippen LogP) is 3.27. The normalized spacial score (nSPS) is 12.1. The minimum Gasteiger partial charge on any atom is -0.606 e. The van der Waals surface area contributed by atoms with Gasteiger partial charge in [-0.3, -0.25) is 9.78 Å². The van der Waals surface area contributed by atoms with E-state index in [1.807, 2.05) is 0 Å². The molecule has 1 atom stereocenters. The van der Waals surface area contributed by atoms with Crippen LogP contribution in [0.4, 0.5) is 4.39 Å². The van der Waals surface area contributed by atoms with E-state index in [-0.39, 0.29) is 12.5 Å². The van der Waals surface area contributed by atoms with Crippen LogP contribution >= 0.6 is 0 Å². The van der Waals surface area contributed by atoms with Gasteiger partial charge in [0, 0.05) is 35.8 Å². The minimum atomic E-state index is -1.53. The molecule has 3 aromatic heterocycles. The Morgan fingerprint density at radius 1 is 1.17 bits per heavy atom. The molecule has 0 aliphatic rings. The summed E-state index contributed by atoms with van der Waals surface area (Å²) in [5.41, 5.74) is 2.60. The van der Waals surface area contributed by atoms with Crippen LogP contribution in [0.3, 0.4) is 0 Å². The standard InChI is InChI=1S/C21H17FN4O2S/c1-14-8-16(22)10-19(9-14)29(28)18-4-3-17(24-12-18)11-25-21(27)15-2-5-20-23-6-7-26(20)13-15/h2-10,12-13H,11H2,1H3,(H,25,27). The van der Waals surface area contributed by atoms with Gasteiger partial charge in [0.25, 0.3) is 5.91 Å². The summed E-state index contributed by atoms with van der Waals surface area (Å²) in [4.78, 5) is 21.6. The van der Waals surface area contributed by atoms with Crippen molar-refractivity contribution in [3.63, 3.8) is 0 Å². The van der Waals surface area contributed by atoms with Gasteiger partial charge in [-0.25, -0.2) is 9.37 Å². The quantitative estimate of drug-likeness (QED) is 0.514. The van der Waals surface area contributed by atoms with Crippen molar-refractivity contribution in [1.29, 1.82) is 0 Å². The zero-order valence-electron chi connectivity index (χ0n) is 15.5. The van der Waals surface area contributed by atoms with E-state index < -0.39 is 17.0 Å². The third kappa shape index (κ3) is 4.28. The number of nitrogens with one attached hydrogen (secondary N) is 1. The number of aromatic nitrogens is 3. The molecule has 0 bridgehead atoms. The van der Waals surface area contributed by atoms with Crippen molar-refractivity contribution in [2.75, 3.05) is 0 Å². The van der Waals surface area contributed by atoms with Crippen LogP contribution < -0.4 is 5.32 Å². The summed E-state index contributed by atoms with van der Waals surface area (Å²) >= 11 is -1.53. The maximum absolute atomic E-state index is 13.6. The van der Waals surface area contributed by atoms with Gasteiger partial charge in [-0.2, -0.15) is 0 Å². The molecule has 1 aromatic carbocycles. The van der Waals surface area contributed by atoms with Crippen LogP contribution in [0.15, 0.2) is 77.0 Å². The molecule has 0 spiro atoms. The van der Waals surface area contributed by atoms with E-state index in [0.29, 0.717) is 26.6 Å². The van der Waals surface area contributed by atoms with E-state index >= 15 is 0 Å². The number of hydrogen-bond donors (Lipinski definition) is 1. The Hall–Kier alpha value is -3.23. The van der Waals surface area contributed by atoms with Crippen molar-refractivity contribution < 1.29 is 13.7 Å². The molecule has 1 unspecified atom stereocenters. The predicted molar refractivity (Wildman–Crippen MR) is 106 cm³/mol. The molecular formula is C21H17FN4O2S. The third-order valence-electron chi connectivity index (χ3n) is 4.32. The van der Waals surface area contributed by atoms with Gasteiger partial charge in [-0.1, -0.05) is 0 Å². The molecule has 146 valence electrons. The molecule has 0 saturated carbocycles. The molecule has 1 amide bonds. The number of halogens is 1. The first kappa shape index (κ1) is 19.1. The Balaban J connectivity index is 1.41. The lowest BCUT2D eigenvalue weighted by Gasteiger charge is -2.11. The van der Waals surface area contributed by atoms with Gasteiger partial charge in [0.1, 0.15) is 11.5 Å². The highest BCUT2D eigenvalue weighted by atomic mass is 32.2. The maximum Gasteiger partial charge on any atom is 0.253 e. The van der Waals surface area contributed by atoms with Crippen LogP contribution in [0, 0.1) is 12.7 Å². The number of carbonyl (C=O) groups excluding carboxylic acids is 1. The number of nitrogens with zero attached hydrogens (tertiary/aromatic N) is 3. The summed E-state index contributed by atoms with van der Waals surface area (Å²) < 4.78 is 28.0. The molecule has 0 aliphatic heterocycles. The zero-order valence-corrected chi connectivity index (χ0v) is 16.3. The van der Waals surface area contributed by atoms with E-state index in [1.54, 1.807) is 60.2 Å². The Morgan fingerprint density at radius 3 is 2.79 bits per heavy atom. The van der Waals surface area contributed by atoms with Gasteiger partial charge in [0.05, 0.1) is 24.0 Å². The first-order valence-electron chi connectivity index (χ1n) is 8.84. The zero-order chi connectivity index (χ0) is 20.4. The third-order valence-corrected chi connectivity index (χ3v) is 5.66. The first-order chi connectivity index (χ1) is 14.0. The molecule has 6 nitrogen and oxygen atoms in total. The molecule has 4 aromatic rings. The second kappa shape index (κ2) is 8.02. The van der Waals surface area contributed by atoms with Gasteiger partial charge in [0.15, 0.2) is 9.79 Å². The van der Waals surface area contributed by atoms with Crippen molar-refractivity contribution in [3.05, 3.63) is 89.9 Å². The Labute approximate surface area is 169 Å². The average Bonchev–Trinajstić information content (AvgIpc) is 3.19. The highest BCUT2D eigenvalue weighted by Gasteiger charge is 2.17. The van der Waals surface area contributed by atoms with Gasteiger partial charge in [-0.15, -0.1) is 0 Å². The van der Waals surface area contributed by atoms with E-state index in [9.17, 15) is 13.7 Å². The summed E-state index contributed by atoms with van der Waals surface area (Å²) in [6.07, 6.45) is 6.62. The molecule has 29 heavy (non-hydrogen) atoms. The Kier molecular flexibility index (Phi) is 5.28. The van der Waals surface area contributed by atoms with Crippen LogP contribution in [0.1, 0.15) is 21.6 Å². The number of imidazole rings is 1. The molecular weight excluding hydrogens is 391 g/mol. The molecule has 0 fully saturated rings. The van der Waals surface area contributed by atoms with Gasteiger partial charge >= 0.3 is 0 Å². The van der Waals surface area contributed by atoms with E-state index in [2.05, 4.69) is 15.3 Å². The van der Waals surface area contributed by atoms with Gasteiger partial charge in [-0.05, 0) is 48.9 Å². The van der Waals surface area contributed by atoms with Gasteiger partial charge < -0.3 is 14.3 Å². The van der Waals surface area contributed by atoms with E-state index in [0.717, 1.165) is 5.65 Å². The lowest BCUT2D eigenvalue weighted by Crippen LogP contribution is -2.23. The number of pyridine rings is 2. The fourth-order valence-electron chi connectivity index (χ4n) is 2.90. The molecule has 3 heterocycles. The van der Waals surface area contributed by atoms with E-state index in [1.165, 1.54) is 18.3 Å². The molecule has 0 aliphatic carbocycles. The number of hydrogen-bond acceptors (Lipinski definition) is 4. The van der Waals surface area contributed by atoms with Crippen molar-refractivity contribution in [2.45, 2.75) is 23.3 Å². The SMILES string of the molecule is Cc1cc(F)cc([S+]([O-])c2ccc(CNC(=O)c3ccc4nccn4c3)nc2)c1. The monoisotopic (exact) mass is 408 g/mol. The largest absolute Gasteiger partial charge is 0.606 e. The van der Waals surface area contributed by atoms with Crippen LogP contribution in [-0.2, 0) is 17.7 Å². The van der Waals surface area contributed by atoms with Crippen molar-refractivity contribution >= 4 is 22.7 Å². The second-order valence-corrected chi connectivity index (χ2v) is 7.99. The van der Waals surface area contributed by atoms with Crippen LogP contribution in [-0.4, -0.2) is 24.8 Å². The fraction of sp³-hybridized carbons (Fsp3) is 0.0952. The number of rotatable bonds is 5. The summed E-state index contributed by atoms with van der Waals surface area (Å²) in [5.74, 6) is -0.653. The summed E-state index contributed by atoms with van der Waals surface area (Å²) in [6.45, 7) is 1.98. The molecule has 0 radical (unpaired) electrons. The molecule has 8 heteroatoms. The second-order valence-electron chi connectivity index (χ2n) is 6.51. The smallest absolute Gasteiger partial charge is 0.253 e. The Bertz CT molecular complexity index is 1160. The number of fused-ring (bicyclic) bond motifs is 1. The molecule has 1 N–H and O–H groups in total. The van der Waals surface area contributed by atoms with Crippen LogP contribution in [0.5, 0.6) is 0 Å². The van der Waals surface area contributed by atoms with Crippen molar-refractivity contribution in [3.8, 4) is 0 Å². The van der Waals surface area contributed by atoms with Crippen molar-refractivity contribution in [2.24, 2.45) is 0 Å². The lowest BCUT2D eigenvalue weighted by molar-refractivity contribution is 0.0950. The first-order valence-corrected chi connectivity index (χ1v) is 9.99. The fourth-order valence-corrected chi connectivity index (χ4v) is 4.02. The number of benzene rings is 1. The highest BCUT2D eigenvalue weighted by Crippen LogP contribution is 2.22. The molecule has 4 rings (SSSR count). The molecule has 0 saturated heterocycles. The maximum atomic E-state index is 13.6. The summed E-state index contributed by atoms with van der Waals surface area (Å²) in [6, 6.07) is 11.2. The number of carbonyl (C=O) groups is 1. The topological polar surface area (TPSA) is 82.3 Å². The number of aryl methyl sites for hydroxylation is 1. The lowest BCUT2D eigenvalue weighted by atomic mass is 10.2. The van der Waals surface area contributed by atoms with E-state index in [4.69, 9.17) is 0 Å². The van der Waals surface area contributed by atoms with Gasteiger partial charge in [0.2, 0.25) is 0 Å². The minimum absolute atomic E-state index is 0.229. The summed E-state index contributed by atoms with van der Waals surface area (Å²) in [5, 5.41) is 2.81. The van der Waals surface area contributed by atoms with Crippen molar-refractivity contribution in [1.82, 2.24) is 19.7 Å².